The molecule has 12 heteroatoms. The first-order valence-electron chi connectivity index (χ1n) is 11.2. The molecule has 0 spiro atoms. The molecule has 0 aromatic heterocycles. The Labute approximate surface area is 256 Å². The van der Waals surface area contributed by atoms with Crippen molar-refractivity contribution in [2.75, 3.05) is 25.1 Å². The molecule has 3 rings (SSSR count). The Morgan fingerprint density at radius 3 is 2.58 bits per heavy atom. The first kappa shape index (κ1) is 30.3. The Morgan fingerprint density at radius 2 is 1.92 bits per heavy atom. The van der Waals surface area contributed by atoms with E-state index in [1.54, 1.807) is 18.2 Å². The lowest BCUT2D eigenvalue weighted by molar-refractivity contribution is -0.127. The number of imide groups is 1. The van der Waals surface area contributed by atoms with Crippen molar-refractivity contribution < 1.29 is 28.7 Å². The summed E-state index contributed by atoms with van der Waals surface area (Å²) in [5.74, 6) is 1.27. The molecule has 38 heavy (non-hydrogen) atoms. The number of benzene rings is 2. The van der Waals surface area contributed by atoms with Crippen molar-refractivity contribution in [3.63, 3.8) is 0 Å². The standard InChI is InChI=1S/C26H21ClI2N2O6S/c1-3-5-9-37-25(34)17-13-16(6-7-18(17)27)30-22(32)14-31-24(33)21(38-26(31)35)12-15-10-19(28)23(20(29)11-15)36-8-4-2/h2,6-7,10-13H,3,5,8-9,14H2,1H3,(H,30,32)/b21-12-. The first-order valence-corrected chi connectivity index (χ1v) is 14.6. The van der Waals surface area contributed by atoms with Crippen molar-refractivity contribution in [2.45, 2.75) is 19.8 Å². The van der Waals surface area contributed by atoms with Gasteiger partial charge in [-0.3, -0.25) is 19.3 Å². The molecule has 0 aliphatic carbocycles. The van der Waals surface area contributed by atoms with Gasteiger partial charge in [-0.2, -0.15) is 0 Å². The predicted molar refractivity (Wildman–Crippen MR) is 164 cm³/mol. The third-order valence-corrected chi connectivity index (χ3v) is 7.83. The third-order valence-electron chi connectivity index (χ3n) is 4.99. The van der Waals surface area contributed by atoms with Gasteiger partial charge in [-0.25, -0.2) is 4.79 Å². The minimum Gasteiger partial charge on any atom is -0.479 e. The largest absolute Gasteiger partial charge is 0.479 e. The van der Waals surface area contributed by atoms with Crippen molar-refractivity contribution in [1.29, 1.82) is 0 Å². The van der Waals surface area contributed by atoms with Crippen LogP contribution in [0.1, 0.15) is 35.7 Å². The molecule has 1 heterocycles. The Morgan fingerprint density at radius 1 is 1.21 bits per heavy atom. The molecule has 1 saturated heterocycles. The number of rotatable bonds is 10. The molecule has 1 aliphatic rings. The van der Waals surface area contributed by atoms with Gasteiger partial charge < -0.3 is 14.8 Å². The van der Waals surface area contributed by atoms with Gasteiger partial charge in [-0.15, -0.1) is 6.42 Å². The zero-order chi connectivity index (χ0) is 27.8. The van der Waals surface area contributed by atoms with Crippen LogP contribution in [0.4, 0.5) is 10.5 Å². The smallest absolute Gasteiger partial charge is 0.339 e. The van der Waals surface area contributed by atoms with Gasteiger partial charge in [0.15, 0.2) is 0 Å². The number of unbranched alkanes of at least 4 members (excludes halogenated alkanes) is 1. The molecule has 2 aromatic carbocycles. The van der Waals surface area contributed by atoms with Crippen LogP contribution >= 0.6 is 68.5 Å². The van der Waals surface area contributed by atoms with E-state index in [0.717, 1.165) is 36.6 Å². The van der Waals surface area contributed by atoms with Gasteiger partial charge in [0.05, 0.1) is 29.2 Å². The average molecular weight is 779 g/mol. The van der Waals surface area contributed by atoms with Crippen molar-refractivity contribution in [2.24, 2.45) is 0 Å². The highest BCUT2D eigenvalue weighted by Crippen LogP contribution is 2.35. The van der Waals surface area contributed by atoms with Crippen LogP contribution in [-0.4, -0.2) is 47.7 Å². The average Bonchev–Trinajstić information content (AvgIpc) is 3.12. The third kappa shape index (κ3) is 7.87. The number of hydrogen-bond acceptors (Lipinski definition) is 7. The first-order chi connectivity index (χ1) is 18.1. The van der Waals surface area contributed by atoms with Crippen LogP contribution in [0.25, 0.3) is 6.08 Å². The van der Waals surface area contributed by atoms with Gasteiger partial charge >= 0.3 is 5.97 Å². The van der Waals surface area contributed by atoms with Crippen molar-refractivity contribution in [1.82, 2.24) is 4.90 Å². The quantitative estimate of drug-likeness (QED) is 0.101. The minimum absolute atomic E-state index is 0.106. The van der Waals surface area contributed by atoms with E-state index in [1.165, 1.54) is 18.2 Å². The van der Waals surface area contributed by atoms with Crippen molar-refractivity contribution >= 4 is 103 Å². The second-order valence-electron chi connectivity index (χ2n) is 7.81. The molecule has 0 atom stereocenters. The molecular weight excluding hydrogens is 758 g/mol. The predicted octanol–water partition coefficient (Wildman–Crippen LogP) is 6.19. The molecule has 8 nitrogen and oxygen atoms in total. The van der Waals surface area contributed by atoms with Crippen LogP contribution in [0.5, 0.6) is 5.75 Å². The number of halogens is 3. The van der Waals surface area contributed by atoms with Crippen molar-refractivity contribution in [3.8, 4) is 18.1 Å². The maximum atomic E-state index is 12.9. The SMILES string of the molecule is C#CCOc1c(I)cc(/C=C2\SC(=O)N(CC(=O)Nc3ccc(Cl)c(C(=O)OCCCC)c3)C2=O)cc1I. The molecule has 3 amide bonds. The molecular formula is C26H21ClI2N2O6S. The lowest BCUT2D eigenvalue weighted by atomic mass is 10.2. The number of nitrogens with zero attached hydrogens (tertiary/aromatic N) is 1. The van der Waals surface area contributed by atoms with Crippen LogP contribution < -0.4 is 10.1 Å². The van der Waals surface area contributed by atoms with E-state index in [4.69, 9.17) is 27.5 Å². The zero-order valence-corrected chi connectivity index (χ0v) is 25.9. The minimum atomic E-state index is -0.611. The molecule has 1 N–H and O–H groups in total. The number of esters is 1. The second kappa shape index (κ2) is 14.2. The molecule has 2 aromatic rings. The highest BCUT2D eigenvalue weighted by molar-refractivity contribution is 14.1. The van der Waals surface area contributed by atoms with E-state index in [0.29, 0.717) is 11.3 Å². The maximum Gasteiger partial charge on any atom is 0.339 e. The number of nitrogens with one attached hydrogen (secondary N) is 1. The van der Waals surface area contributed by atoms with Gasteiger partial charge in [0.1, 0.15) is 18.9 Å². The number of hydrogen-bond donors (Lipinski definition) is 1. The summed E-state index contributed by atoms with van der Waals surface area (Å²) in [5, 5.41) is 2.21. The lowest BCUT2D eigenvalue weighted by Gasteiger charge is -2.13. The molecule has 0 bridgehead atoms. The number of terminal acetylenes is 1. The fourth-order valence-corrected chi connectivity index (χ4v) is 6.35. The van der Waals surface area contributed by atoms with Gasteiger partial charge in [0, 0.05) is 5.69 Å². The van der Waals surface area contributed by atoms with E-state index < -0.39 is 29.6 Å². The highest BCUT2D eigenvalue weighted by atomic mass is 127. The summed E-state index contributed by atoms with van der Waals surface area (Å²) in [6.45, 7) is 1.87. The van der Waals surface area contributed by atoms with Crippen LogP contribution in [0, 0.1) is 19.5 Å². The maximum absolute atomic E-state index is 12.9. The van der Waals surface area contributed by atoms with Gasteiger partial charge in [-0.05, 0) is 105 Å². The lowest BCUT2D eigenvalue weighted by Crippen LogP contribution is -2.36. The molecule has 0 radical (unpaired) electrons. The van der Waals surface area contributed by atoms with Crippen molar-refractivity contribution in [3.05, 3.63) is 58.5 Å². The van der Waals surface area contributed by atoms with E-state index >= 15 is 0 Å². The normalized spacial score (nSPS) is 14.0. The van der Waals surface area contributed by atoms with Crippen LogP contribution in [0.15, 0.2) is 35.2 Å². The summed E-state index contributed by atoms with van der Waals surface area (Å²) in [4.78, 5) is 51.4. The summed E-state index contributed by atoms with van der Waals surface area (Å²) in [6.07, 6.45) is 8.44. The van der Waals surface area contributed by atoms with Gasteiger partial charge in [-0.1, -0.05) is 30.9 Å². The van der Waals surface area contributed by atoms with E-state index in [-0.39, 0.29) is 34.4 Å². The van der Waals surface area contributed by atoms with E-state index in [2.05, 4.69) is 56.4 Å². The number of thioether (sulfide) groups is 1. The Bertz CT molecular complexity index is 1330. The highest BCUT2D eigenvalue weighted by Gasteiger charge is 2.36. The topological polar surface area (TPSA) is 102 Å². The fraction of sp³-hybridized carbons (Fsp3) is 0.231. The summed E-state index contributed by atoms with van der Waals surface area (Å²) in [5.41, 5.74) is 1.08. The number of carbonyl (C=O) groups excluding carboxylic acids is 4. The number of ether oxygens (including phenoxy) is 2. The van der Waals surface area contributed by atoms with Crippen LogP contribution in [0.2, 0.25) is 5.02 Å². The van der Waals surface area contributed by atoms with Gasteiger partial charge in [0.25, 0.3) is 11.1 Å². The molecule has 198 valence electrons. The number of anilines is 1. The zero-order valence-electron chi connectivity index (χ0n) is 20.0. The Hall–Kier alpha value is -2.28. The molecule has 1 fully saturated rings. The summed E-state index contributed by atoms with van der Waals surface area (Å²) in [7, 11) is 0. The number of amides is 3. The molecule has 1 aliphatic heterocycles. The Kier molecular flexibility index (Phi) is 11.3. The molecule has 0 saturated carbocycles. The summed E-state index contributed by atoms with van der Waals surface area (Å²) >= 11 is 11.1. The van der Waals surface area contributed by atoms with Crippen LogP contribution in [-0.2, 0) is 14.3 Å². The summed E-state index contributed by atoms with van der Waals surface area (Å²) in [6, 6.07) is 7.97. The fourth-order valence-electron chi connectivity index (χ4n) is 3.19. The van der Waals surface area contributed by atoms with E-state index in [1.807, 2.05) is 6.92 Å². The van der Waals surface area contributed by atoms with Crippen LogP contribution in [0.3, 0.4) is 0 Å². The Balaban J connectivity index is 1.68. The molecule has 0 unspecified atom stereocenters. The number of carbonyl (C=O) groups is 4. The monoisotopic (exact) mass is 778 g/mol. The summed E-state index contributed by atoms with van der Waals surface area (Å²) < 4.78 is 12.3. The van der Waals surface area contributed by atoms with E-state index in [9.17, 15) is 19.2 Å². The van der Waals surface area contributed by atoms with Gasteiger partial charge in [0.2, 0.25) is 5.91 Å². The second-order valence-corrected chi connectivity index (χ2v) is 11.5.